The van der Waals surface area contributed by atoms with Crippen LogP contribution in [0.5, 0.6) is 0 Å². The lowest BCUT2D eigenvalue weighted by molar-refractivity contribution is -0.255. The van der Waals surface area contributed by atoms with E-state index in [0.717, 1.165) is 0 Å². The average Bonchev–Trinajstić information content (AvgIpc) is 2.26. The number of aryl methyl sites for hydroxylation is 1. The molecule has 0 aromatic carbocycles. The Balaban J connectivity index is 3.39. The molecule has 0 unspecified atom stereocenters. The number of Topliss-reactive ketones (excluding diaryl/α,β-unsaturated/α-hetero) is 1. The molecule has 0 aliphatic rings. The molecule has 4 nitrogen and oxygen atoms in total. The fourth-order valence-corrected chi connectivity index (χ4v) is 1.41. The molecule has 0 radical (unpaired) electrons. The Morgan fingerprint density at radius 1 is 1.31 bits per heavy atom. The van der Waals surface area contributed by atoms with E-state index in [0.29, 0.717) is 17.0 Å². The first-order valence-electron chi connectivity index (χ1n) is 3.86. The molecule has 0 aliphatic carbocycles. The van der Waals surface area contributed by atoms with E-state index in [1.54, 1.807) is 13.8 Å². The predicted molar refractivity (Wildman–Crippen MR) is 44.6 cm³/mol. The number of hydrogen-bond donors (Lipinski definition) is 1. The summed E-state index contributed by atoms with van der Waals surface area (Å²) in [5.74, 6) is -1.42. The van der Waals surface area contributed by atoms with Crippen LogP contribution in [0.3, 0.4) is 0 Å². The van der Waals surface area contributed by atoms with E-state index in [1.165, 1.54) is 6.92 Å². The minimum Gasteiger partial charge on any atom is -0.545 e. The second kappa shape index (κ2) is 3.05. The molecule has 0 amide bonds. The summed E-state index contributed by atoms with van der Waals surface area (Å²) >= 11 is 0. The zero-order valence-electron chi connectivity index (χ0n) is 7.72. The number of aromatic amines is 1. The molecular formula is C9H10NO3-. The molecule has 0 aliphatic heterocycles. The zero-order chi connectivity index (χ0) is 10.2. The molecule has 0 saturated carbocycles. The van der Waals surface area contributed by atoms with Crippen molar-refractivity contribution in [2.24, 2.45) is 0 Å². The third-order valence-electron chi connectivity index (χ3n) is 1.99. The molecule has 1 rings (SSSR count). The normalized spacial score (nSPS) is 10.1. The van der Waals surface area contributed by atoms with Gasteiger partial charge in [0.25, 0.3) is 0 Å². The first kappa shape index (κ1) is 9.51. The fourth-order valence-electron chi connectivity index (χ4n) is 1.41. The van der Waals surface area contributed by atoms with Crippen LogP contribution in [0.15, 0.2) is 0 Å². The van der Waals surface area contributed by atoms with Gasteiger partial charge in [0, 0.05) is 18.2 Å². The molecule has 1 aromatic rings. The number of carboxylic acids is 1. The van der Waals surface area contributed by atoms with Gasteiger partial charge in [0.15, 0.2) is 5.78 Å². The summed E-state index contributed by atoms with van der Waals surface area (Å²) in [4.78, 5) is 24.4. The molecule has 0 spiro atoms. The van der Waals surface area contributed by atoms with Crippen LogP contribution in [0.4, 0.5) is 0 Å². The number of aromatic nitrogens is 1. The fraction of sp³-hybridized carbons (Fsp3) is 0.333. The van der Waals surface area contributed by atoms with Gasteiger partial charge in [0.2, 0.25) is 0 Å². The third-order valence-corrected chi connectivity index (χ3v) is 1.99. The van der Waals surface area contributed by atoms with Gasteiger partial charge < -0.3 is 14.9 Å². The lowest BCUT2D eigenvalue weighted by atomic mass is 10.1. The van der Waals surface area contributed by atoms with E-state index >= 15 is 0 Å². The number of hydrogen-bond acceptors (Lipinski definition) is 3. The van der Waals surface area contributed by atoms with Crippen LogP contribution in [0.1, 0.15) is 39.0 Å². The largest absolute Gasteiger partial charge is 0.545 e. The minimum atomic E-state index is -1.25. The Hall–Kier alpha value is -1.58. The maximum atomic E-state index is 11.0. The predicted octanol–water partition coefficient (Wildman–Crippen LogP) is 0.198. The summed E-state index contributed by atoms with van der Waals surface area (Å²) in [6.07, 6.45) is 0. The number of carbonyl (C=O) groups excluding carboxylic acids is 2. The Morgan fingerprint density at radius 2 is 1.85 bits per heavy atom. The van der Waals surface area contributed by atoms with Crippen molar-refractivity contribution in [2.75, 3.05) is 0 Å². The summed E-state index contributed by atoms with van der Waals surface area (Å²) in [7, 11) is 0. The molecule has 70 valence electrons. The third kappa shape index (κ3) is 1.47. The van der Waals surface area contributed by atoms with Gasteiger partial charge in [-0.05, 0) is 19.4 Å². The van der Waals surface area contributed by atoms with E-state index in [1.807, 2.05) is 0 Å². The Bertz CT molecular complexity index is 376. The second-order valence-electron chi connectivity index (χ2n) is 2.97. The smallest absolute Gasteiger partial charge is 0.176 e. The van der Waals surface area contributed by atoms with E-state index < -0.39 is 5.97 Å². The highest BCUT2D eigenvalue weighted by Gasteiger charge is 2.14. The summed E-state index contributed by atoms with van der Waals surface area (Å²) in [6, 6.07) is 0. The number of ketones is 1. The van der Waals surface area contributed by atoms with Gasteiger partial charge in [-0.25, -0.2) is 0 Å². The van der Waals surface area contributed by atoms with Crippen LogP contribution in [-0.4, -0.2) is 16.7 Å². The maximum Gasteiger partial charge on any atom is 0.176 e. The number of rotatable bonds is 2. The Labute approximate surface area is 75.6 Å². The van der Waals surface area contributed by atoms with Crippen molar-refractivity contribution in [3.8, 4) is 0 Å². The quantitative estimate of drug-likeness (QED) is 0.660. The van der Waals surface area contributed by atoms with Crippen LogP contribution in [0, 0.1) is 13.8 Å². The standard InChI is InChI=1S/C9H11NO3/c1-4-7(9(12)13)5(2)10-8(4)6(3)11/h10H,1-3H3,(H,12,13)/p-1. The van der Waals surface area contributed by atoms with Crippen molar-refractivity contribution in [3.05, 3.63) is 22.5 Å². The second-order valence-corrected chi connectivity index (χ2v) is 2.97. The van der Waals surface area contributed by atoms with E-state index in [-0.39, 0.29) is 11.3 Å². The molecule has 1 aromatic heterocycles. The van der Waals surface area contributed by atoms with E-state index in [4.69, 9.17) is 0 Å². The van der Waals surface area contributed by atoms with Gasteiger partial charge in [-0.1, -0.05) is 0 Å². The van der Waals surface area contributed by atoms with Crippen LogP contribution in [0.2, 0.25) is 0 Å². The summed E-state index contributed by atoms with van der Waals surface area (Å²) < 4.78 is 0. The van der Waals surface area contributed by atoms with Gasteiger partial charge in [-0.3, -0.25) is 4.79 Å². The number of carbonyl (C=O) groups is 2. The number of aromatic carboxylic acids is 1. The molecule has 0 atom stereocenters. The Morgan fingerprint density at radius 3 is 2.08 bits per heavy atom. The molecule has 4 heteroatoms. The zero-order valence-corrected chi connectivity index (χ0v) is 7.72. The minimum absolute atomic E-state index is 0.0881. The van der Waals surface area contributed by atoms with Crippen LogP contribution >= 0.6 is 0 Å². The van der Waals surface area contributed by atoms with Crippen LogP contribution < -0.4 is 5.11 Å². The van der Waals surface area contributed by atoms with Gasteiger partial charge in [-0.15, -0.1) is 0 Å². The van der Waals surface area contributed by atoms with E-state index in [9.17, 15) is 14.7 Å². The highest BCUT2D eigenvalue weighted by Crippen LogP contribution is 2.17. The van der Waals surface area contributed by atoms with E-state index in [2.05, 4.69) is 4.98 Å². The molecule has 0 fully saturated rings. The molecule has 13 heavy (non-hydrogen) atoms. The van der Waals surface area contributed by atoms with Crippen molar-refractivity contribution in [2.45, 2.75) is 20.8 Å². The van der Waals surface area contributed by atoms with Crippen molar-refractivity contribution in [1.29, 1.82) is 0 Å². The van der Waals surface area contributed by atoms with Gasteiger partial charge in [0.1, 0.15) is 0 Å². The van der Waals surface area contributed by atoms with Gasteiger partial charge in [-0.2, -0.15) is 0 Å². The van der Waals surface area contributed by atoms with Crippen molar-refractivity contribution in [1.82, 2.24) is 4.98 Å². The summed E-state index contributed by atoms with van der Waals surface area (Å²) in [5, 5.41) is 10.6. The highest BCUT2D eigenvalue weighted by atomic mass is 16.4. The number of nitrogens with one attached hydrogen (secondary N) is 1. The molecule has 0 saturated heterocycles. The summed E-state index contributed by atoms with van der Waals surface area (Å²) in [6.45, 7) is 4.58. The van der Waals surface area contributed by atoms with Crippen LogP contribution in [-0.2, 0) is 0 Å². The van der Waals surface area contributed by atoms with Crippen molar-refractivity contribution < 1.29 is 14.7 Å². The van der Waals surface area contributed by atoms with Crippen molar-refractivity contribution in [3.63, 3.8) is 0 Å². The molecular weight excluding hydrogens is 170 g/mol. The highest BCUT2D eigenvalue weighted by molar-refractivity contribution is 5.99. The molecule has 1 N–H and O–H groups in total. The number of H-pyrrole nitrogens is 1. The average molecular weight is 180 g/mol. The van der Waals surface area contributed by atoms with Crippen molar-refractivity contribution >= 4 is 11.8 Å². The monoisotopic (exact) mass is 180 g/mol. The van der Waals surface area contributed by atoms with Gasteiger partial charge >= 0.3 is 0 Å². The SMILES string of the molecule is CC(=O)c1[nH]c(C)c(C(=O)[O-])c1C. The first-order chi connectivity index (χ1) is 5.95. The first-order valence-corrected chi connectivity index (χ1v) is 3.86. The van der Waals surface area contributed by atoms with Gasteiger partial charge in [0.05, 0.1) is 11.7 Å². The molecule has 0 bridgehead atoms. The molecule has 1 heterocycles. The lowest BCUT2D eigenvalue weighted by Gasteiger charge is -2.01. The summed E-state index contributed by atoms with van der Waals surface area (Å²) in [5.41, 5.74) is 1.34. The maximum absolute atomic E-state index is 11.0. The number of carboxylic acid groups (broad SMARTS) is 1. The van der Waals surface area contributed by atoms with Crippen LogP contribution in [0.25, 0.3) is 0 Å². The lowest BCUT2D eigenvalue weighted by Crippen LogP contribution is -2.23. The Kier molecular flexibility index (Phi) is 2.23. The topological polar surface area (TPSA) is 73.0 Å².